The number of amides is 1. The van der Waals surface area contributed by atoms with Crippen LogP contribution in [0.3, 0.4) is 0 Å². The van der Waals surface area contributed by atoms with E-state index in [1.165, 1.54) is 7.11 Å². The lowest BCUT2D eigenvalue weighted by Gasteiger charge is -2.26. The number of ether oxygens (including phenoxy) is 1. The maximum atomic E-state index is 13.0. The summed E-state index contributed by atoms with van der Waals surface area (Å²) >= 11 is 0. The highest BCUT2D eigenvalue weighted by Gasteiger charge is 2.22. The molecule has 2 aromatic rings. The van der Waals surface area contributed by atoms with Crippen molar-refractivity contribution in [2.24, 2.45) is 5.92 Å². The van der Waals surface area contributed by atoms with E-state index < -0.39 is 0 Å². The largest absolute Gasteiger partial charge is 0.469 e. The normalized spacial score (nSPS) is 12.0. The van der Waals surface area contributed by atoms with Gasteiger partial charge >= 0.3 is 5.97 Å². The van der Waals surface area contributed by atoms with Gasteiger partial charge in [-0.2, -0.15) is 0 Å². The fraction of sp³-hybridized carbons (Fsp3) is 0.400. The van der Waals surface area contributed by atoms with Gasteiger partial charge in [0.05, 0.1) is 13.0 Å². The Hall–Kier alpha value is -2.60. The predicted octanol–water partition coefficient (Wildman–Crippen LogP) is 2.29. The van der Waals surface area contributed by atoms with Crippen LogP contribution in [-0.2, 0) is 9.53 Å². The standard InChI is InChI=1S/C20H27N3O3/c1-16(20(25)26-4)15-23(14-13-21(2)3)19(24)17-7-9-18(10-8-17)22-11-5-6-12-22/h5-12,16H,13-15H2,1-4H3. The van der Waals surface area contributed by atoms with Gasteiger partial charge in [-0.3, -0.25) is 9.59 Å². The van der Waals surface area contributed by atoms with E-state index in [9.17, 15) is 9.59 Å². The van der Waals surface area contributed by atoms with Gasteiger partial charge in [-0.25, -0.2) is 0 Å². The molecule has 0 aliphatic carbocycles. The first-order valence-corrected chi connectivity index (χ1v) is 8.67. The summed E-state index contributed by atoms with van der Waals surface area (Å²) in [6.07, 6.45) is 3.91. The van der Waals surface area contributed by atoms with Gasteiger partial charge in [0, 0.05) is 43.3 Å². The van der Waals surface area contributed by atoms with Gasteiger partial charge in [-0.1, -0.05) is 6.92 Å². The van der Waals surface area contributed by atoms with Gasteiger partial charge in [0.25, 0.3) is 5.91 Å². The van der Waals surface area contributed by atoms with E-state index >= 15 is 0 Å². The Morgan fingerprint density at radius 1 is 1.08 bits per heavy atom. The summed E-state index contributed by atoms with van der Waals surface area (Å²) in [5.74, 6) is -0.762. The highest BCUT2D eigenvalue weighted by atomic mass is 16.5. The minimum absolute atomic E-state index is 0.0818. The molecule has 1 aromatic heterocycles. The molecule has 6 nitrogen and oxygen atoms in total. The Morgan fingerprint density at radius 2 is 1.69 bits per heavy atom. The lowest BCUT2D eigenvalue weighted by atomic mass is 10.1. The van der Waals surface area contributed by atoms with E-state index in [1.54, 1.807) is 11.8 Å². The molecular formula is C20H27N3O3. The highest BCUT2D eigenvalue weighted by Crippen LogP contribution is 2.13. The summed E-state index contributed by atoms with van der Waals surface area (Å²) in [6, 6.07) is 11.4. The maximum absolute atomic E-state index is 13.0. The number of likely N-dealkylation sites (N-methyl/N-ethyl adjacent to an activating group) is 1. The molecule has 2 rings (SSSR count). The van der Waals surface area contributed by atoms with Crippen molar-refractivity contribution in [2.45, 2.75) is 6.92 Å². The molecule has 6 heteroatoms. The van der Waals surface area contributed by atoms with E-state index in [2.05, 4.69) is 0 Å². The zero-order chi connectivity index (χ0) is 19.1. The second-order valence-electron chi connectivity index (χ2n) is 6.62. The predicted molar refractivity (Wildman–Crippen MR) is 101 cm³/mol. The topological polar surface area (TPSA) is 54.8 Å². The summed E-state index contributed by atoms with van der Waals surface area (Å²) in [6.45, 7) is 3.38. The average Bonchev–Trinajstić information content (AvgIpc) is 3.18. The van der Waals surface area contributed by atoms with Crippen molar-refractivity contribution in [3.8, 4) is 5.69 Å². The van der Waals surface area contributed by atoms with Crippen LogP contribution >= 0.6 is 0 Å². The lowest BCUT2D eigenvalue weighted by molar-refractivity contribution is -0.145. The number of rotatable bonds is 8. The lowest BCUT2D eigenvalue weighted by Crippen LogP contribution is -2.41. The molecule has 1 heterocycles. The molecule has 0 saturated heterocycles. The third-order valence-corrected chi connectivity index (χ3v) is 4.22. The fourth-order valence-corrected chi connectivity index (χ4v) is 2.67. The van der Waals surface area contributed by atoms with E-state index in [1.807, 2.05) is 72.4 Å². The molecule has 1 atom stereocenters. The van der Waals surface area contributed by atoms with Crippen molar-refractivity contribution in [1.82, 2.24) is 14.4 Å². The van der Waals surface area contributed by atoms with Gasteiger partial charge in [-0.05, 0) is 50.5 Å². The number of hydrogen-bond donors (Lipinski definition) is 0. The maximum Gasteiger partial charge on any atom is 0.310 e. The molecule has 0 saturated carbocycles. The number of carbonyl (C=O) groups is 2. The zero-order valence-corrected chi connectivity index (χ0v) is 15.9. The third kappa shape index (κ3) is 5.20. The van der Waals surface area contributed by atoms with Gasteiger partial charge in [0.2, 0.25) is 0 Å². The van der Waals surface area contributed by atoms with Crippen LogP contribution in [0.25, 0.3) is 5.69 Å². The number of benzene rings is 1. The first-order chi connectivity index (χ1) is 12.4. The van der Waals surface area contributed by atoms with E-state index in [0.717, 1.165) is 12.2 Å². The average molecular weight is 357 g/mol. The van der Waals surface area contributed by atoms with Gasteiger partial charge < -0.3 is 19.1 Å². The smallest absolute Gasteiger partial charge is 0.310 e. The minimum atomic E-state index is -0.370. The molecule has 0 N–H and O–H groups in total. The zero-order valence-electron chi connectivity index (χ0n) is 15.9. The molecule has 1 aromatic carbocycles. The Labute approximate surface area is 155 Å². The third-order valence-electron chi connectivity index (χ3n) is 4.22. The molecule has 0 radical (unpaired) electrons. The van der Waals surface area contributed by atoms with Crippen molar-refractivity contribution >= 4 is 11.9 Å². The highest BCUT2D eigenvalue weighted by molar-refractivity contribution is 5.94. The second-order valence-corrected chi connectivity index (χ2v) is 6.62. The summed E-state index contributed by atoms with van der Waals surface area (Å²) in [5.41, 5.74) is 1.60. The molecular weight excluding hydrogens is 330 g/mol. The molecule has 0 spiro atoms. The van der Waals surface area contributed by atoms with Crippen LogP contribution in [0, 0.1) is 5.92 Å². The van der Waals surface area contributed by atoms with Crippen LogP contribution in [-0.4, -0.2) is 67.1 Å². The van der Waals surface area contributed by atoms with Crippen molar-refractivity contribution < 1.29 is 14.3 Å². The van der Waals surface area contributed by atoms with Crippen molar-refractivity contribution in [3.05, 3.63) is 54.4 Å². The monoisotopic (exact) mass is 357 g/mol. The number of nitrogens with zero attached hydrogens (tertiary/aromatic N) is 3. The summed E-state index contributed by atoms with van der Waals surface area (Å²) in [7, 11) is 5.28. The second kappa shape index (κ2) is 9.20. The van der Waals surface area contributed by atoms with E-state index in [0.29, 0.717) is 18.7 Å². The first-order valence-electron chi connectivity index (χ1n) is 8.67. The number of esters is 1. The Kier molecular flexibility index (Phi) is 6.97. The van der Waals surface area contributed by atoms with Gasteiger partial charge in [-0.15, -0.1) is 0 Å². The molecule has 1 amide bonds. The molecule has 0 bridgehead atoms. The van der Waals surface area contributed by atoms with Crippen molar-refractivity contribution in [1.29, 1.82) is 0 Å². The first kappa shape index (κ1) is 19.7. The number of methoxy groups -OCH3 is 1. The molecule has 26 heavy (non-hydrogen) atoms. The summed E-state index contributed by atoms with van der Waals surface area (Å²) in [5, 5.41) is 0. The fourth-order valence-electron chi connectivity index (χ4n) is 2.67. The van der Waals surface area contributed by atoms with Crippen LogP contribution in [0.1, 0.15) is 17.3 Å². The Bertz CT molecular complexity index is 708. The minimum Gasteiger partial charge on any atom is -0.469 e. The van der Waals surface area contributed by atoms with Crippen molar-refractivity contribution in [2.75, 3.05) is 40.8 Å². The van der Waals surface area contributed by atoms with Gasteiger partial charge in [0.1, 0.15) is 0 Å². The molecule has 0 aliphatic rings. The number of hydrogen-bond acceptors (Lipinski definition) is 4. The molecule has 140 valence electrons. The number of aromatic nitrogens is 1. The molecule has 0 fully saturated rings. The van der Waals surface area contributed by atoms with Crippen LogP contribution < -0.4 is 0 Å². The van der Waals surface area contributed by atoms with Gasteiger partial charge in [0.15, 0.2) is 0 Å². The van der Waals surface area contributed by atoms with Crippen LogP contribution in [0.15, 0.2) is 48.8 Å². The molecule has 1 unspecified atom stereocenters. The Morgan fingerprint density at radius 3 is 2.23 bits per heavy atom. The van der Waals surface area contributed by atoms with E-state index in [4.69, 9.17) is 4.74 Å². The SMILES string of the molecule is COC(=O)C(C)CN(CCN(C)C)C(=O)c1ccc(-n2cccc2)cc1. The molecule has 0 aliphatic heterocycles. The van der Waals surface area contributed by atoms with Crippen LogP contribution in [0.5, 0.6) is 0 Å². The summed E-state index contributed by atoms with van der Waals surface area (Å²) < 4.78 is 6.77. The van der Waals surface area contributed by atoms with Crippen LogP contribution in [0.4, 0.5) is 0 Å². The quantitative estimate of drug-likeness (QED) is 0.680. The summed E-state index contributed by atoms with van der Waals surface area (Å²) in [4.78, 5) is 28.4. The Balaban J connectivity index is 2.14. The number of carbonyl (C=O) groups excluding carboxylic acids is 2. The van der Waals surface area contributed by atoms with E-state index in [-0.39, 0.29) is 17.8 Å². The van der Waals surface area contributed by atoms with Crippen LogP contribution in [0.2, 0.25) is 0 Å². The van der Waals surface area contributed by atoms with Crippen molar-refractivity contribution in [3.63, 3.8) is 0 Å².